The molecule has 6 nitrogen and oxygen atoms in total. The topological polar surface area (TPSA) is 64.5 Å². The number of nitrogens with zero attached hydrogens (tertiary/aromatic N) is 3. The maximum Gasteiger partial charge on any atom is 0.410 e. The van der Waals surface area contributed by atoms with Crippen LogP contribution >= 0.6 is 11.6 Å². The van der Waals surface area contributed by atoms with Crippen molar-refractivity contribution in [3.63, 3.8) is 0 Å². The molecule has 1 aliphatic rings. The molecule has 0 aromatic carbocycles. The van der Waals surface area contributed by atoms with Gasteiger partial charge in [-0.25, -0.2) is 4.79 Å². The van der Waals surface area contributed by atoms with Gasteiger partial charge in [-0.15, -0.1) is 10.2 Å². The average molecular weight is 356 g/mol. The summed E-state index contributed by atoms with van der Waals surface area (Å²) in [6.45, 7) is 6.98. The van der Waals surface area contributed by atoms with E-state index in [1.165, 1.54) is 0 Å². The zero-order valence-corrected chi connectivity index (χ0v) is 15.4. The summed E-state index contributed by atoms with van der Waals surface area (Å²) in [5.41, 5.74) is -0.463. The van der Waals surface area contributed by atoms with Crippen molar-refractivity contribution in [1.29, 1.82) is 0 Å². The summed E-state index contributed by atoms with van der Waals surface area (Å²) in [6, 6.07) is 3.56. The van der Waals surface area contributed by atoms with Crippen LogP contribution in [0, 0.1) is 0 Å². The monoisotopic (exact) mass is 355 g/mol. The van der Waals surface area contributed by atoms with E-state index in [9.17, 15) is 4.79 Å². The van der Waals surface area contributed by atoms with Crippen molar-refractivity contribution in [3.05, 3.63) is 17.3 Å². The van der Waals surface area contributed by atoms with E-state index in [1.807, 2.05) is 25.7 Å². The first kappa shape index (κ1) is 18.8. The van der Waals surface area contributed by atoms with E-state index in [2.05, 4.69) is 10.2 Å². The quantitative estimate of drug-likeness (QED) is 0.744. The van der Waals surface area contributed by atoms with Gasteiger partial charge in [-0.3, -0.25) is 0 Å². The van der Waals surface area contributed by atoms with E-state index in [0.29, 0.717) is 17.6 Å². The fourth-order valence-electron chi connectivity index (χ4n) is 2.74. The second-order valence-corrected chi connectivity index (χ2v) is 7.40. The Bertz CT molecular complexity index is 531. The lowest BCUT2D eigenvalue weighted by atomic mass is 9.98. The van der Waals surface area contributed by atoms with Gasteiger partial charge in [0.15, 0.2) is 5.15 Å². The molecular weight excluding hydrogens is 330 g/mol. The Hall–Kier alpha value is -1.56. The summed E-state index contributed by atoms with van der Waals surface area (Å²) in [4.78, 5) is 14.2. The number of piperidine rings is 1. The molecule has 0 saturated carbocycles. The Morgan fingerprint density at radius 2 is 2.12 bits per heavy atom. The molecule has 134 valence electrons. The largest absolute Gasteiger partial charge is 0.477 e. The van der Waals surface area contributed by atoms with Crippen molar-refractivity contribution in [3.8, 4) is 5.88 Å². The van der Waals surface area contributed by atoms with Crippen LogP contribution < -0.4 is 4.74 Å². The van der Waals surface area contributed by atoms with Gasteiger partial charge in [-0.05, 0) is 58.9 Å². The van der Waals surface area contributed by atoms with Gasteiger partial charge in [0.25, 0.3) is 0 Å². The maximum atomic E-state index is 12.4. The van der Waals surface area contributed by atoms with Gasteiger partial charge < -0.3 is 14.4 Å². The molecule has 0 bridgehead atoms. The van der Waals surface area contributed by atoms with E-state index in [-0.39, 0.29) is 12.1 Å². The van der Waals surface area contributed by atoms with Gasteiger partial charge in [-0.2, -0.15) is 0 Å². The second-order valence-electron chi connectivity index (χ2n) is 7.01. The molecule has 0 spiro atoms. The first-order valence-corrected chi connectivity index (χ1v) is 8.84. The molecule has 1 atom stereocenters. The van der Waals surface area contributed by atoms with E-state index in [0.717, 1.165) is 38.6 Å². The SMILES string of the molecule is CC(C)(C)OC(=O)N1CCCC[C@H]1CCCOc1ccc(Cl)nn1. The van der Waals surface area contributed by atoms with E-state index >= 15 is 0 Å². The van der Waals surface area contributed by atoms with E-state index < -0.39 is 5.60 Å². The smallest absolute Gasteiger partial charge is 0.410 e. The predicted molar refractivity (Wildman–Crippen MR) is 92.4 cm³/mol. The number of carbonyl (C=O) groups is 1. The maximum absolute atomic E-state index is 12.4. The molecule has 0 radical (unpaired) electrons. The van der Waals surface area contributed by atoms with Gasteiger partial charge in [0.1, 0.15) is 5.60 Å². The molecule has 1 aromatic heterocycles. The molecule has 24 heavy (non-hydrogen) atoms. The molecule has 2 rings (SSSR count). The number of carbonyl (C=O) groups excluding carboxylic acids is 1. The molecule has 1 fully saturated rings. The van der Waals surface area contributed by atoms with Gasteiger partial charge in [0, 0.05) is 18.7 Å². The Morgan fingerprint density at radius 1 is 1.33 bits per heavy atom. The first-order chi connectivity index (χ1) is 11.3. The highest BCUT2D eigenvalue weighted by atomic mass is 35.5. The summed E-state index contributed by atoms with van der Waals surface area (Å²) in [7, 11) is 0. The molecule has 0 unspecified atom stereocenters. The van der Waals surface area contributed by atoms with E-state index in [1.54, 1.807) is 12.1 Å². The van der Waals surface area contributed by atoms with E-state index in [4.69, 9.17) is 21.1 Å². The molecule has 1 aromatic rings. The van der Waals surface area contributed by atoms with Crippen molar-refractivity contribution in [1.82, 2.24) is 15.1 Å². The Morgan fingerprint density at radius 3 is 2.79 bits per heavy atom. The number of aromatic nitrogens is 2. The van der Waals surface area contributed by atoms with Crippen molar-refractivity contribution in [2.45, 2.75) is 64.5 Å². The van der Waals surface area contributed by atoms with Crippen molar-refractivity contribution in [2.24, 2.45) is 0 Å². The predicted octanol–water partition coefficient (Wildman–Crippen LogP) is 4.08. The minimum absolute atomic E-state index is 0.211. The highest BCUT2D eigenvalue weighted by Gasteiger charge is 2.30. The zero-order chi connectivity index (χ0) is 17.6. The lowest BCUT2D eigenvalue weighted by molar-refractivity contribution is 0.00822. The zero-order valence-electron chi connectivity index (χ0n) is 14.6. The van der Waals surface area contributed by atoms with Crippen LogP contribution in [0.4, 0.5) is 4.79 Å². The first-order valence-electron chi connectivity index (χ1n) is 8.47. The molecule has 1 amide bonds. The van der Waals surface area contributed by atoms with Crippen LogP contribution in [0.2, 0.25) is 5.15 Å². The molecular formula is C17H26ClN3O3. The van der Waals surface area contributed by atoms with Crippen LogP contribution in [-0.4, -0.2) is 46.0 Å². The summed E-state index contributed by atoms with van der Waals surface area (Å²) in [5, 5.41) is 7.94. The van der Waals surface area contributed by atoms with Crippen LogP contribution in [0.25, 0.3) is 0 Å². The molecule has 1 aliphatic heterocycles. The van der Waals surface area contributed by atoms with Gasteiger partial charge in [0.05, 0.1) is 6.61 Å². The summed E-state index contributed by atoms with van der Waals surface area (Å²) in [6.07, 6.45) is 4.71. The number of hydrogen-bond donors (Lipinski definition) is 0. The van der Waals surface area contributed by atoms with Crippen molar-refractivity contribution < 1.29 is 14.3 Å². The minimum Gasteiger partial charge on any atom is -0.477 e. The number of hydrogen-bond acceptors (Lipinski definition) is 5. The van der Waals surface area contributed by atoms with Crippen molar-refractivity contribution >= 4 is 17.7 Å². The number of ether oxygens (including phenoxy) is 2. The third kappa shape index (κ3) is 6.15. The van der Waals surface area contributed by atoms with Crippen LogP contribution in [-0.2, 0) is 4.74 Å². The summed E-state index contributed by atoms with van der Waals surface area (Å²) in [5.74, 6) is 0.465. The number of likely N-dealkylation sites (tertiary alicyclic amines) is 1. The van der Waals surface area contributed by atoms with Crippen molar-refractivity contribution in [2.75, 3.05) is 13.2 Å². The van der Waals surface area contributed by atoms with Crippen LogP contribution in [0.5, 0.6) is 5.88 Å². The van der Waals surface area contributed by atoms with Gasteiger partial charge >= 0.3 is 6.09 Å². The normalized spacial score (nSPS) is 18.3. The lowest BCUT2D eigenvalue weighted by Gasteiger charge is -2.36. The fourth-order valence-corrected chi connectivity index (χ4v) is 2.84. The third-order valence-electron chi connectivity index (χ3n) is 3.79. The number of halogens is 1. The van der Waals surface area contributed by atoms with Crippen LogP contribution in [0.3, 0.4) is 0 Å². The van der Waals surface area contributed by atoms with Crippen LogP contribution in [0.1, 0.15) is 52.9 Å². The Kier molecular flexibility index (Phi) is 6.66. The van der Waals surface area contributed by atoms with Gasteiger partial charge in [-0.1, -0.05) is 11.6 Å². The summed E-state index contributed by atoms with van der Waals surface area (Å²) < 4.78 is 11.1. The molecule has 0 aliphatic carbocycles. The Labute approximate surface area is 148 Å². The highest BCUT2D eigenvalue weighted by molar-refractivity contribution is 6.29. The van der Waals surface area contributed by atoms with Gasteiger partial charge in [0.2, 0.25) is 5.88 Å². The number of amides is 1. The second kappa shape index (κ2) is 8.51. The molecule has 0 N–H and O–H groups in total. The minimum atomic E-state index is -0.463. The molecule has 7 heteroatoms. The Balaban J connectivity index is 1.78. The fraction of sp³-hybridized carbons (Fsp3) is 0.706. The van der Waals surface area contributed by atoms with Crippen LogP contribution in [0.15, 0.2) is 12.1 Å². The average Bonchev–Trinajstić information content (AvgIpc) is 2.52. The lowest BCUT2D eigenvalue weighted by Crippen LogP contribution is -2.46. The highest BCUT2D eigenvalue weighted by Crippen LogP contribution is 2.23. The summed E-state index contributed by atoms with van der Waals surface area (Å²) >= 11 is 5.69. The molecule has 2 heterocycles. The number of rotatable bonds is 5. The molecule has 1 saturated heterocycles. The third-order valence-corrected chi connectivity index (χ3v) is 4.00. The standard InChI is InChI=1S/C17H26ClN3O3/c1-17(2,3)24-16(22)21-11-5-4-7-13(21)8-6-12-23-15-10-9-14(18)19-20-15/h9-10,13H,4-8,11-12H2,1-3H3/t13-/m0/s1.